The van der Waals surface area contributed by atoms with Gasteiger partial charge in [0.15, 0.2) is 0 Å². The molecule has 0 N–H and O–H groups in total. The molecular weight excluding hydrogens is 294 g/mol. The van der Waals surface area contributed by atoms with E-state index in [9.17, 15) is 8.42 Å². The van der Waals surface area contributed by atoms with Crippen molar-refractivity contribution in [2.75, 3.05) is 0 Å². The Labute approximate surface area is 132 Å². The Bertz CT molecular complexity index is 738. The highest BCUT2D eigenvalue weighted by molar-refractivity contribution is 7.89. The number of rotatable bonds is 3. The molecule has 3 nitrogen and oxygen atoms in total. The SMILES string of the molecule is Cc1ccc(S(=O)(=O)N2[C@@H](C)CC[C@H]2c2ccccc2)cc1. The van der Waals surface area contributed by atoms with Crippen LogP contribution in [-0.2, 0) is 10.0 Å². The summed E-state index contributed by atoms with van der Waals surface area (Å²) in [5.41, 5.74) is 2.13. The summed E-state index contributed by atoms with van der Waals surface area (Å²) in [6.45, 7) is 3.95. The minimum Gasteiger partial charge on any atom is -0.207 e. The maximum Gasteiger partial charge on any atom is 0.243 e. The number of aryl methyl sites for hydroxylation is 1. The van der Waals surface area contributed by atoms with Gasteiger partial charge in [-0.05, 0) is 44.4 Å². The maximum absolute atomic E-state index is 13.1. The van der Waals surface area contributed by atoms with E-state index in [2.05, 4.69) is 0 Å². The maximum atomic E-state index is 13.1. The van der Waals surface area contributed by atoms with E-state index in [0.29, 0.717) is 4.90 Å². The summed E-state index contributed by atoms with van der Waals surface area (Å²) in [7, 11) is -3.47. The summed E-state index contributed by atoms with van der Waals surface area (Å²) in [4.78, 5) is 0.382. The fraction of sp³-hybridized carbons (Fsp3) is 0.333. The molecule has 0 saturated carbocycles. The highest BCUT2D eigenvalue weighted by atomic mass is 32.2. The molecule has 22 heavy (non-hydrogen) atoms. The predicted molar refractivity (Wildman–Crippen MR) is 88.1 cm³/mol. The van der Waals surface area contributed by atoms with E-state index in [0.717, 1.165) is 24.0 Å². The molecular formula is C18H21NO2S. The van der Waals surface area contributed by atoms with Crippen LogP contribution in [0.25, 0.3) is 0 Å². The van der Waals surface area contributed by atoms with Crippen molar-refractivity contribution >= 4 is 10.0 Å². The fourth-order valence-electron chi connectivity index (χ4n) is 3.19. The van der Waals surface area contributed by atoms with E-state index in [1.807, 2.05) is 56.3 Å². The number of hydrogen-bond acceptors (Lipinski definition) is 2. The summed E-state index contributed by atoms with van der Waals surface area (Å²) < 4.78 is 27.8. The standard InChI is InChI=1S/C18H21NO2S/c1-14-8-11-17(12-9-14)22(20,21)19-15(2)10-13-18(19)16-6-4-3-5-7-16/h3-9,11-12,15,18H,10,13H2,1-2H3/t15-,18-/m0/s1. The third-order valence-electron chi connectivity index (χ3n) is 4.38. The van der Waals surface area contributed by atoms with Gasteiger partial charge in [-0.3, -0.25) is 0 Å². The number of nitrogens with zero attached hydrogens (tertiary/aromatic N) is 1. The van der Waals surface area contributed by atoms with Crippen molar-refractivity contribution in [1.29, 1.82) is 0 Å². The average molecular weight is 315 g/mol. The Kier molecular flexibility index (Phi) is 4.06. The van der Waals surface area contributed by atoms with Gasteiger partial charge in [-0.1, -0.05) is 48.0 Å². The first kappa shape index (κ1) is 15.3. The highest BCUT2D eigenvalue weighted by Crippen LogP contribution is 2.40. The molecule has 2 atom stereocenters. The monoisotopic (exact) mass is 315 g/mol. The first-order valence-electron chi connectivity index (χ1n) is 7.65. The first-order chi connectivity index (χ1) is 10.5. The molecule has 4 heteroatoms. The quantitative estimate of drug-likeness (QED) is 0.861. The van der Waals surface area contributed by atoms with Gasteiger partial charge in [0, 0.05) is 6.04 Å². The van der Waals surface area contributed by atoms with Gasteiger partial charge in [0.2, 0.25) is 10.0 Å². The number of benzene rings is 2. The van der Waals surface area contributed by atoms with E-state index in [1.165, 1.54) is 0 Å². The lowest BCUT2D eigenvalue weighted by Crippen LogP contribution is -2.35. The summed E-state index contributed by atoms with van der Waals surface area (Å²) in [5, 5.41) is 0. The van der Waals surface area contributed by atoms with Crippen LogP contribution in [0.2, 0.25) is 0 Å². The van der Waals surface area contributed by atoms with E-state index < -0.39 is 10.0 Å². The molecule has 0 radical (unpaired) electrons. The smallest absolute Gasteiger partial charge is 0.207 e. The van der Waals surface area contributed by atoms with Crippen LogP contribution in [0.4, 0.5) is 0 Å². The molecule has 116 valence electrons. The summed E-state index contributed by atoms with van der Waals surface area (Å²) >= 11 is 0. The fourth-order valence-corrected chi connectivity index (χ4v) is 5.05. The van der Waals surface area contributed by atoms with Crippen LogP contribution in [0.3, 0.4) is 0 Å². The molecule has 2 aromatic rings. The zero-order valence-electron chi connectivity index (χ0n) is 12.9. The molecule has 1 aliphatic heterocycles. The second kappa shape index (κ2) is 5.86. The lowest BCUT2D eigenvalue weighted by atomic mass is 10.1. The minimum atomic E-state index is -3.47. The number of hydrogen-bond donors (Lipinski definition) is 0. The van der Waals surface area contributed by atoms with Crippen molar-refractivity contribution < 1.29 is 8.42 Å². The molecule has 1 fully saturated rings. The van der Waals surface area contributed by atoms with Crippen LogP contribution >= 0.6 is 0 Å². The Hall–Kier alpha value is -1.65. The van der Waals surface area contributed by atoms with E-state index in [4.69, 9.17) is 0 Å². The van der Waals surface area contributed by atoms with Gasteiger partial charge in [0.05, 0.1) is 10.9 Å². The second-order valence-electron chi connectivity index (χ2n) is 6.00. The lowest BCUT2D eigenvalue weighted by Gasteiger charge is -2.28. The van der Waals surface area contributed by atoms with E-state index in [1.54, 1.807) is 16.4 Å². The summed E-state index contributed by atoms with van der Waals surface area (Å²) in [6.07, 6.45) is 1.76. The van der Waals surface area contributed by atoms with Gasteiger partial charge >= 0.3 is 0 Å². The molecule has 3 rings (SSSR count). The van der Waals surface area contributed by atoms with Gasteiger partial charge < -0.3 is 0 Å². The molecule has 2 aromatic carbocycles. The second-order valence-corrected chi connectivity index (χ2v) is 7.84. The molecule has 0 aliphatic carbocycles. The van der Waals surface area contributed by atoms with Crippen LogP contribution in [0.5, 0.6) is 0 Å². The molecule has 0 spiro atoms. The third-order valence-corrected chi connectivity index (χ3v) is 6.42. The predicted octanol–water partition coefficient (Wildman–Crippen LogP) is 3.91. The Balaban J connectivity index is 2.01. The molecule has 1 saturated heterocycles. The van der Waals surface area contributed by atoms with Gasteiger partial charge in [0.1, 0.15) is 0 Å². The van der Waals surface area contributed by atoms with Crippen LogP contribution in [0.1, 0.15) is 36.9 Å². The van der Waals surface area contributed by atoms with Crippen LogP contribution < -0.4 is 0 Å². The molecule has 0 aromatic heterocycles. The van der Waals surface area contributed by atoms with Crippen molar-refractivity contribution in [2.24, 2.45) is 0 Å². The molecule has 0 amide bonds. The Morgan fingerprint density at radius 2 is 1.59 bits per heavy atom. The minimum absolute atomic E-state index is 0.0245. The van der Waals surface area contributed by atoms with Crippen LogP contribution in [0, 0.1) is 6.92 Å². The summed E-state index contributed by atoms with van der Waals surface area (Å²) in [6, 6.07) is 17.0. The largest absolute Gasteiger partial charge is 0.243 e. The topological polar surface area (TPSA) is 37.4 Å². The van der Waals surface area contributed by atoms with Crippen molar-refractivity contribution in [3.8, 4) is 0 Å². The van der Waals surface area contributed by atoms with Gasteiger partial charge in [-0.15, -0.1) is 0 Å². The van der Waals surface area contributed by atoms with Crippen molar-refractivity contribution in [3.63, 3.8) is 0 Å². The van der Waals surface area contributed by atoms with Crippen LogP contribution in [0.15, 0.2) is 59.5 Å². The zero-order chi connectivity index (χ0) is 15.7. The zero-order valence-corrected chi connectivity index (χ0v) is 13.8. The Morgan fingerprint density at radius 3 is 2.23 bits per heavy atom. The van der Waals surface area contributed by atoms with Crippen molar-refractivity contribution in [1.82, 2.24) is 4.31 Å². The van der Waals surface area contributed by atoms with E-state index in [-0.39, 0.29) is 12.1 Å². The third kappa shape index (κ3) is 2.69. The molecule has 1 heterocycles. The normalized spacial score (nSPS) is 22.8. The highest BCUT2D eigenvalue weighted by Gasteiger charge is 2.40. The van der Waals surface area contributed by atoms with Gasteiger partial charge in [-0.2, -0.15) is 4.31 Å². The van der Waals surface area contributed by atoms with E-state index >= 15 is 0 Å². The van der Waals surface area contributed by atoms with Crippen LogP contribution in [-0.4, -0.2) is 18.8 Å². The molecule has 0 bridgehead atoms. The average Bonchev–Trinajstić information content (AvgIpc) is 2.91. The number of sulfonamides is 1. The molecule has 1 aliphatic rings. The first-order valence-corrected chi connectivity index (χ1v) is 9.09. The lowest BCUT2D eigenvalue weighted by molar-refractivity contribution is 0.340. The van der Waals surface area contributed by atoms with Gasteiger partial charge in [0.25, 0.3) is 0 Å². The van der Waals surface area contributed by atoms with Gasteiger partial charge in [-0.25, -0.2) is 8.42 Å². The summed E-state index contributed by atoms with van der Waals surface area (Å²) in [5.74, 6) is 0. The molecule has 0 unspecified atom stereocenters. The van der Waals surface area contributed by atoms with Crippen molar-refractivity contribution in [2.45, 2.75) is 43.7 Å². The Morgan fingerprint density at radius 1 is 0.955 bits per heavy atom. The van der Waals surface area contributed by atoms with Crippen molar-refractivity contribution in [3.05, 3.63) is 65.7 Å².